The summed E-state index contributed by atoms with van der Waals surface area (Å²) >= 11 is 5.60. The molecule has 0 spiro atoms. The molecule has 0 N–H and O–H groups in total. The summed E-state index contributed by atoms with van der Waals surface area (Å²) in [5.74, 6) is 1.29. The monoisotopic (exact) mass is 234 g/mol. The molecule has 2 aromatic rings. The average molecular weight is 235 g/mol. The van der Waals surface area contributed by atoms with E-state index in [4.69, 9.17) is 16.1 Å². The normalized spacial score (nSPS) is 11.8. The molecule has 1 heterocycles. The Bertz CT molecular complexity index is 491. The fourth-order valence-corrected chi connectivity index (χ4v) is 1.44. The molecule has 4 heteroatoms. The second-order valence-corrected chi connectivity index (χ2v) is 3.65. The zero-order valence-corrected chi connectivity index (χ0v) is 9.61. The number of alkyl halides is 1. The highest BCUT2D eigenvalue weighted by Crippen LogP contribution is 2.16. The Kier molecular flexibility index (Phi) is 3.37. The molecule has 82 valence electrons. The quantitative estimate of drug-likeness (QED) is 0.765. The van der Waals surface area contributed by atoms with Gasteiger partial charge in [0.15, 0.2) is 5.82 Å². The van der Waals surface area contributed by atoms with Gasteiger partial charge in [-0.1, -0.05) is 35.5 Å². The summed E-state index contributed by atoms with van der Waals surface area (Å²) in [6.07, 6.45) is 1.99. The van der Waals surface area contributed by atoms with Gasteiger partial charge in [0, 0.05) is 5.57 Å². The maximum atomic E-state index is 5.60. The standard InChI is InChI=1S/C12H11ClN2O/c1-9(7-10-5-3-2-4-6-10)12-14-11(8-13)15-16-12/h2-7H,8H2,1H3/b9-7-. The number of aromatic nitrogens is 2. The van der Waals surface area contributed by atoms with Crippen molar-refractivity contribution >= 4 is 23.3 Å². The van der Waals surface area contributed by atoms with Crippen LogP contribution in [0.5, 0.6) is 0 Å². The van der Waals surface area contributed by atoms with E-state index in [-0.39, 0.29) is 5.88 Å². The minimum absolute atomic E-state index is 0.266. The topological polar surface area (TPSA) is 38.9 Å². The van der Waals surface area contributed by atoms with Crippen LogP contribution in [0.3, 0.4) is 0 Å². The van der Waals surface area contributed by atoms with Crippen molar-refractivity contribution in [3.63, 3.8) is 0 Å². The second-order valence-electron chi connectivity index (χ2n) is 3.39. The third-order valence-electron chi connectivity index (χ3n) is 2.11. The Balaban J connectivity index is 2.25. The van der Waals surface area contributed by atoms with Crippen molar-refractivity contribution < 1.29 is 4.52 Å². The van der Waals surface area contributed by atoms with Crippen LogP contribution in [0.4, 0.5) is 0 Å². The van der Waals surface area contributed by atoms with Crippen molar-refractivity contribution in [3.8, 4) is 0 Å². The summed E-state index contributed by atoms with van der Waals surface area (Å²) in [7, 11) is 0. The van der Waals surface area contributed by atoms with E-state index in [0.29, 0.717) is 11.7 Å². The van der Waals surface area contributed by atoms with Gasteiger partial charge < -0.3 is 4.52 Å². The van der Waals surface area contributed by atoms with Crippen LogP contribution in [0.1, 0.15) is 24.2 Å². The highest BCUT2D eigenvalue weighted by molar-refractivity contribution is 6.16. The molecule has 0 saturated heterocycles. The minimum Gasteiger partial charge on any atom is -0.334 e. The molecular formula is C12H11ClN2O. The molecule has 1 aromatic heterocycles. The zero-order valence-electron chi connectivity index (χ0n) is 8.85. The molecule has 16 heavy (non-hydrogen) atoms. The van der Waals surface area contributed by atoms with E-state index in [1.54, 1.807) is 0 Å². The van der Waals surface area contributed by atoms with E-state index in [0.717, 1.165) is 11.1 Å². The fraction of sp³-hybridized carbons (Fsp3) is 0.167. The first-order valence-electron chi connectivity index (χ1n) is 4.92. The van der Waals surface area contributed by atoms with E-state index in [1.807, 2.05) is 43.3 Å². The van der Waals surface area contributed by atoms with Crippen LogP contribution in [0.25, 0.3) is 11.6 Å². The Labute approximate surface area is 98.7 Å². The van der Waals surface area contributed by atoms with Gasteiger partial charge in [0.05, 0.1) is 5.88 Å². The molecule has 0 atom stereocenters. The summed E-state index contributed by atoms with van der Waals surface area (Å²) in [6, 6.07) is 9.98. The zero-order chi connectivity index (χ0) is 11.4. The first-order chi connectivity index (χ1) is 7.79. The van der Waals surface area contributed by atoms with E-state index in [2.05, 4.69) is 10.1 Å². The van der Waals surface area contributed by atoms with Crippen molar-refractivity contribution in [3.05, 3.63) is 47.6 Å². The number of hydrogen-bond donors (Lipinski definition) is 0. The maximum absolute atomic E-state index is 5.60. The van der Waals surface area contributed by atoms with Gasteiger partial charge in [-0.25, -0.2) is 0 Å². The van der Waals surface area contributed by atoms with Gasteiger partial charge in [0.1, 0.15) is 0 Å². The number of nitrogens with zero attached hydrogens (tertiary/aromatic N) is 2. The van der Waals surface area contributed by atoms with Crippen molar-refractivity contribution in [2.45, 2.75) is 12.8 Å². The Morgan fingerprint density at radius 3 is 2.75 bits per heavy atom. The van der Waals surface area contributed by atoms with Crippen LogP contribution >= 0.6 is 11.6 Å². The van der Waals surface area contributed by atoms with Crippen molar-refractivity contribution in [1.82, 2.24) is 10.1 Å². The molecule has 0 aliphatic carbocycles. The van der Waals surface area contributed by atoms with Crippen molar-refractivity contribution in [1.29, 1.82) is 0 Å². The molecule has 1 aromatic carbocycles. The fourth-order valence-electron chi connectivity index (χ4n) is 1.33. The summed E-state index contributed by atoms with van der Waals surface area (Å²) in [5, 5.41) is 3.74. The highest BCUT2D eigenvalue weighted by atomic mass is 35.5. The molecule has 0 radical (unpaired) electrons. The number of allylic oxidation sites excluding steroid dienone is 1. The van der Waals surface area contributed by atoms with E-state index >= 15 is 0 Å². The third kappa shape index (κ3) is 2.49. The first-order valence-corrected chi connectivity index (χ1v) is 5.45. The number of benzene rings is 1. The van der Waals surface area contributed by atoms with Gasteiger partial charge in [0.2, 0.25) is 0 Å². The second kappa shape index (κ2) is 4.94. The van der Waals surface area contributed by atoms with E-state index in [1.165, 1.54) is 0 Å². The molecule has 0 fully saturated rings. The van der Waals surface area contributed by atoms with Crippen molar-refractivity contribution in [2.75, 3.05) is 0 Å². The van der Waals surface area contributed by atoms with Gasteiger partial charge in [0.25, 0.3) is 5.89 Å². The lowest BCUT2D eigenvalue weighted by molar-refractivity contribution is 0.402. The molecule has 2 rings (SSSR count). The lowest BCUT2D eigenvalue weighted by atomic mass is 10.1. The van der Waals surface area contributed by atoms with Crippen LogP contribution in [-0.2, 0) is 5.88 Å². The summed E-state index contributed by atoms with van der Waals surface area (Å²) < 4.78 is 5.08. The van der Waals surface area contributed by atoms with Crippen LogP contribution < -0.4 is 0 Å². The van der Waals surface area contributed by atoms with E-state index < -0.39 is 0 Å². The number of hydrogen-bond acceptors (Lipinski definition) is 3. The predicted molar refractivity (Wildman–Crippen MR) is 63.8 cm³/mol. The Hall–Kier alpha value is -1.61. The lowest BCUT2D eigenvalue weighted by Crippen LogP contribution is -1.82. The molecule has 0 unspecified atom stereocenters. The van der Waals surface area contributed by atoms with Gasteiger partial charge >= 0.3 is 0 Å². The van der Waals surface area contributed by atoms with Crippen LogP contribution in [0.2, 0.25) is 0 Å². The Morgan fingerprint density at radius 1 is 1.38 bits per heavy atom. The summed E-state index contributed by atoms with van der Waals surface area (Å²) in [4.78, 5) is 4.15. The molecular weight excluding hydrogens is 224 g/mol. The molecule has 0 bridgehead atoms. The van der Waals surface area contributed by atoms with Crippen molar-refractivity contribution in [2.24, 2.45) is 0 Å². The van der Waals surface area contributed by atoms with Gasteiger partial charge in [-0.2, -0.15) is 4.98 Å². The number of halogens is 1. The molecule has 0 aliphatic heterocycles. The predicted octanol–water partition coefficient (Wildman–Crippen LogP) is 3.37. The minimum atomic E-state index is 0.266. The van der Waals surface area contributed by atoms with E-state index in [9.17, 15) is 0 Å². The van der Waals surface area contributed by atoms with Crippen LogP contribution in [0.15, 0.2) is 34.9 Å². The van der Waals surface area contributed by atoms with Gasteiger partial charge in [-0.3, -0.25) is 0 Å². The Morgan fingerprint density at radius 2 is 2.12 bits per heavy atom. The molecule has 3 nitrogen and oxygen atoms in total. The first kappa shape index (κ1) is 10.9. The maximum Gasteiger partial charge on any atom is 0.253 e. The molecule has 0 aliphatic rings. The van der Waals surface area contributed by atoms with Gasteiger partial charge in [-0.15, -0.1) is 11.6 Å². The lowest BCUT2D eigenvalue weighted by Gasteiger charge is -1.94. The molecule has 0 amide bonds. The highest BCUT2D eigenvalue weighted by Gasteiger charge is 2.06. The SMILES string of the molecule is C/C(=C/c1ccccc1)c1nc(CCl)no1. The van der Waals surface area contributed by atoms with Gasteiger partial charge in [-0.05, 0) is 18.6 Å². The molecule has 0 saturated carbocycles. The summed E-state index contributed by atoms with van der Waals surface area (Å²) in [5.41, 5.74) is 2.03. The smallest absolute Gasteiger partial charge is 0.253 e. The number of rotatable bonds is 3. The largest absolute Gasteiger partial charge is 0.334 e. The average Bonchev–Trinajstić information content (AvgIpc) is 2.79. The van der Waals surface area contributed by atoms with Crippen LogP contribution in [-0.4, -0.2) is 10.1 Å². The third-order valence-corrected chi connectivity index (χ3v) is 2.35. The van der Waals surface area contributed by atoms with Crippen LogP contribution in [0, 0.1) is 0 Å². The summed E-state index contributed by atoms with van der Waals surface area (Å²) in [6.45, 7) is 1.93.